The number of rotatable bonds is 3. The molecular weight excluding hydrogens is 289 g/mol. The quantitative estimate of drug-likeness (QED) is 0.400. The summed E-state index contributed by atoms with van der Waals surface area (Å²) in [6.07, 6.45) is -4.53. The van der Waals surface area contributed by atoms with E-state index in [1.807, 2.05) is 0 Å². The first-order valence-electron chi connectivity index (χ1n) is 3.21. The summed E-state index contributed by atoms with van der Waals surface area (Å²) in [7, 11) is 0. The predicted molar refractivity (Wildman–Crippen MR) is 40.6 cm³/mol. The predicted octanol–water partition coefficient (Wildman–Crippen LogP) is -2.03. The fraction of sp³-hybridized carbons (Fsp3) is 0.500. The van der Waals surface area contributed by atoms with E-state index in [4.69, 9.17) is 30.3 Å². The molecule has 85 valence electrons. The standard InChI is InChI=1S/C4H6O6.C2H4O2.Y/c5-1(3(7)8)2(6)4(9)10;1-2(3)4;/h1-2,5-6H,(H,7,8)(H,9,10);1H3,(H,3,4);. The minimum Gasteiger partial charge on any atom is -0.481 e. The van der Waals surface area contributed by atoms with Crippen LogP contribution in [0.25, 0.3) is 0 Å². The Bertz CT molecular complexity index is 205. The van der Waals surface area contributed by atoms with Crippen molar-refractivity contribution in [2.75, 3.05) is 0 Å². The molecule has 0 saturated heterocycles. The molecule has 9 heteroatoms. The summed E-state index contributed by atoms with van der Waals surface area (Å²) in [5.74, 6) is -4.37. The molecule has 0 heterocycles. The first kappa shape index (κ1) is 19.9. The Morgan fingerprint density at radius 3 is 1.07 bits per heavy atom. The normalized spacial score (nSPS) is 12.2. The minimum absolute atomic E-state index is 0. The zero-order valence-corrected chi connectivity index (χ0v) is 10.5. The number of carbonyl (C=O) groups is 3. The van der Waals surface area contributed by atoms with Crippen LogP contribution in [0.2, 0.25) is 0 Å². The Labute approximate surface area is 109 Å². The second-order valence-electron chi connectivity index (χ2n) is 2.09. The number of aliphatic carboxylic acids is 3. The maximum Gasteiger partial charge on any atom is 0.335 e. The molecule has 8 nitrogen and oxygen atoms in total. The van der Waals surface area contributed by atoms with E-state index in [2.05, 4.69) is 0 Å². The average Bonchev–Trinajstić information content (AvgIpc) is 2.00. The van der Waals surface area contributed by atoms with Crippen molar-refractivity contribution in [3.63, 3.8) is 0 Å². The minimum atomic E-state index is -2.27. The van der Waals surface area contributed by atoms with Crippen molar-refractivity contribution in [2.24, 2.45) is 0 Å². The van der Waals surface area contributed by atoms with Crippen LogP contribution in [0.3, 0.4) is 0 Å². The van der Waals surface area contributed by atoms with Gasteiger partial charge in [0, 0.05) is 39.6 Å². The molecule has 0 aliphatic rings. The topological polar surface area (TPSA) is 152 Å². The van der Waals surface area contributed by atoms with Crippen LogP contribution in [-0.4, -0.2) is 55.6 Å². The van der Waals surface area contributed by atoms with Crippen LogP contribution in [0.5, 0.6) is 0 Å². The third kappa shape index (κ3) is 13.4. The first-order chi connectivity index (χ1) is 6.20. The van der Waals surface area contributed by atoms with Gasteiger partial charge in [0.2, 0.25) is 0 Å². The molecular formula is C6H10O8Y. The molecule has 5 N–H and O–H groups in total. The van der Waals surface area contributed by atoms with Crippen molar-refractivity contribution in [3.05, 3.63) is 0 Å². The molecule has 0 aromatic rings. The monoisotopic (exact) mass is 299 g/mol. The van der Waals surface area contributed by atoms with Crippen LogP contribution in [0.15, 0.2) is 0 Å². The molecule has 2 unspecified atom stereocenters. The van der Waals surface area contributed by atoms with E-state index >= 15 is 0 Å². The van der Waals surface area contributed by atoms with Gasteiger partial charge in [0.15, 0.2) is 12.2 Å². The van der Waals surface area contributed by atoms with Crippen molar-refractivity contribution in [1.82, 2.24) is 0 Å². The van der Waals surface area contributed by atoms with Gasteiger partial charge in [-0.1, -0.05) is 0 Å². The summed E-state index contributed by atoms with van der Waals surface area (Å²) in [4.78, 5) is 28.5. The van der Waals surface area contributed by atoms with E-state index < -0.39 is 30.1 Å². The number of carboxylic acids is 3. The van der Waals surface area contributed by atoms with Crippen LogP contribution in [-0.2, 0) is 47.1 Å². The van der Waals surface area contributed by atoms with Crippen molar-refractivity contribution in [1.29, 1.82) is 0 Å². The second-order valence-corrected chi connectivity index (χ2v) is 2.09. The molecule has 2 atom stereocenters. The zero-order chi connectivity index (χ0) is 11.9. The molecule has 0 amide bonds. The van der Waals surface area contributed by atoms with E-state index in [0.717, 1.165) is 6.92 Å². The third-order valence-electron chi connectivity index (χ3n) is 0.805. The smallest absolute Gasteiger partial charge is 0.335 e. The van der Waals surface area contributed by atoms with Crippen LogP contribution in [0, 0.1) is 0 Å². The van der Waals surface area contributed by atoms with E-state index in [0.29, 0.717) is 0 Å². The van der Waals surface area contributed by atoms with E-state index in [1.54, 1.807) is 0 Å². The SMILES string of the molecule is CC(=O)O.O=C(O)C(O)C(O)C(=O)O.[Y]. The van der Waals surface area contributed by atoms with Crippen molar-refractivity contribution in [3.8, 4) is 0 Å². The Morgan fingerprint density at radius 2 is 1.00 bits per heavy atom. The van der Waals surface area contributed by atoms with Gasteiger partial charge in [-0.25, -0.2) is 9.59 Å². The zero-order valence-electron chi connectivity index (χ0n) is 7.69. The van der Waals surface area contributed by atoms with E-state index in [-0.39, 0.29) is 32.7 Å². The van der Waals surface area contributed by atoms with Crippen molar-refractivity contribution >= 4 is 17.9 Å². The molecule has 0 rings (SSSR count). The summed E-state index contributed by atoms with van der Waals surface area (Å²) in [6.45, 7) is 1.08. The van der Waals surface area contributed by atoms with Crippen LogP contribution >= 0.6 is 0 Å². The van der Waals surface area contributed by atoms with Crippen LogP contribution < -0.4 is 0 Å². The summed E-state index contributed by atoms with van der Waals surface area (Å²) < 4.78 is 0. The van der Waals surface area contributed by atoms with Gasteiger partial charge in [0.25, 0.3) is 5.97 Å². The maximum absolute atomic E-state index is 9.77. The largest absolute Gasteiger partial charge is 0.481 e. The number of carboxylic acid groups (broad SMARTS) is 3. The number of hydrogen-bond acceptors (Lipinski definition) is 5. The Balaban J connectivity index is -0.000000249. The van der Waals surface area contributed by atoms with Gasteiger partial charge in [-0.15, -0.1) is 0 Å². The fourth-order valence-electron chi connectivity index (χ4n) is 0.270. The van der Waals surface area contributed by atoms with Gasteiger partial charge in [-0.3, -0.25) is 4.79 Å². The molecule has 0 spiro atoms. The molecule has 15 heavy (non-hydrogen) atoms. The Kier molecular flexibility index (Phi) is 13.2. The van der Waals surface area contributed by atoms with Gasteiger partial charge < -0.3 is 25.5 Å². The third-order valence-corrected chi connectivity index (χ3v) is 0.805. The molecule has 0 aliphatic carbocycles. The number of aliphatic hydroxyl groups excluding tert-OH is 2. The van der Waals surface area contributed by atoms with Gasteiger partial charge in [0.05, 0.1) is 0 Å². The maximum atomic E-state index is 9.77. The molecule has 1 radical (unpaired) electrons. The van der Waals surface area contributed by atoms with Crippen LogP contribution in [0.1, 0.15) is 6.92 Å². The average molecular weight is 299 g/mol. The van der Waals surface area contributed by atoms with Gasteiger partial charge in [0.1, 0.15) is 0 Å². The van der Waals surface area contributed by atoms with E-state index in [1.165, 1.54) is 0 Å². The summed E-state index contributed by atoms with van der Waals surface area (Å²) >= 11 is 0. The molecule has 0 aromatic heterocycles. The van der Waals surface area contributed by atoms with Crippen molar-refractivity contribution < 1.29 is 72.6 Å². The first-order valence-corrected chi connectivity index (χ1v) is 3.21. The van der Waals surface area contributed by atoms with Crippen molar-refractivity contribution in [2.45, 2.75) is 19.1 Å². The fourth-order valence-corrected chi connectivity index (χ4v) is 0.270. The molecule has 0 aromatic carbocycles. The molecule has 0 saturated carbocycles. The Hall–Kier alpha value is -0.566. The summed E-state index contributed by atoms with van der Waals surface area (Å²) in [5, 5.41) is 39.9. The Morgan fingerprint density at radius 1 is 0.867 bits per heavy atom. The summed E-state index contributed by atoms with van der Waals surface area (Å²) in [6, 6.07) is 0. The van der Waals surface area contributed by atoms with Gasteiger partial charge in [-0.2, -0.15) is 0 Å². The van der Waals surface area contributed by atoms with Crippen LogP contribution in [0.4, 0.5) is 0 Å². The van der Waals surface area contributed by atoms with E-state index in [9.17, 15) is 9.59 Å². The second kappa shape index (κ2) is 9.97. The number of aliphatic hydroxyl groups is 2. The number of hydrogen-bond donors (Lipinski definition) is 5. The van der Waals surface area contributed by atoms with Gasteiger partial charge >= 0.3 is 11.9 Å². The summed E-state index contributed by atoms with van der Waals surface area (Å²) in [5.41, 5.74) is 0. The molecule has 0 aliphatic heterocycles. The molecule has 0 bridgehead atoms. The molecule has 0 fully saturated rings. The van der Waals surface area contributed by atoms with Gasteiger partial charge in [-0.05, 0) is 0 Å².